The second-order valence-electron chi connectivity index (χ2n) is 3.06. The third kappa shape index (κ3) is 2.17. The van der Waals surface area contributed by atoms with Gasteiger partial charge in [-0.3, -0.25) is 0 Å². The number of aromatic hydroxyl groups is 1. The molecule has 0 radical (unpaired) electrons. The van der Waals surface area contributed by atoms with Crippen LogP contribution in [0.15, 0.2) is 18.2 Å². The fourth-order valence-corrected chi connectivity index (χ4v) is 1.14. The first-order valence-electron chi connectivity index (χ1n) is 3.94. The van der Waals surface area contributed by atoms with Crippen LogP contribution in [0.1, 0.15) is 17.2 Å². The van der Waals surface area contributed by atoms with Gasteiger partial charge >= 0.3 is 6.18 Å². The average Bonchev–Trinajstić information content (AvgIpc) is 2.06. The van der Waals surface area contributed by atoms with E-state index in [2.05, 4.69) is 0 Å². The molecule has 0 fully saturated rings. The van der Waals surface area contributed by atoms with Crippen LogP contribution < -0.4 is 5.73 Å². The molecule has 0 bridgehead atoms. The molecule has 1 atom stereocenters. The van der Waals surface area contributed by atoms with Gasteiger partial charge in [-0.1, -0.05) is 6.07 Å². The van der Waals surface area contributed by atoms with E-state index < -0.39 is 12.2 Å². The average molecular weight is 205 g/mol. The molecule has 1 aromatic rings. The molecule has 1 rings (SSSR count). The molecule has 0 aliphatic rings. The Hall–Kier alpha value is -1.23. The minimum atomic E-state index is -4.49. The first kappa shape index (κ1) is 10.8. The number of alkyl halides is 3. The van der Waals surface area contributed by atoms with E-state index in [1.165, 1.54) is 19.1 Å². The monoisotopic (exact) mass is 205 g/mol. The van der Waals surface area contributed by atoms with E-state index in [0.717, 1.165) is 6.07 Å². The smallest absolute Gasteiger partial charge is 0.407 e. The fourth-order valence-electron chi connectivity index (χ4n) is 1.14. The van der Waals surface area contributed by atoms with Gasteiger partial charge in [-0.2, -0.15) is 13.2 Å². The Morgan fingerprint density at radius 1 is 1.36 bits per heavy atom. The first-order valence-corrected chi connectivity index (χ1v) is 3.94. The summed E-state index contributed by atoms with van der Waals surface area (Å²) in [4.78, 5) is 0. The lowest BCUT2D eigenvalue weighted by Gasteiger charge is -2.17. The molecule has 78 valence electrons. The molecular weight excluding hydrogens is 195 g/mol. The van der Waals surface area contributed by atoms with E-state index in [-0.39, 0.29) is 11.3 Å². The molecule has 1 aromatic carbocycles. The lowest BCUT2D eigenvalue weighted by Crippen LogP contribution is -2.29. The summed E-state index contributed by atoms with van der Waals surface area (Å²) < 4.78 is 36.7. The Morgan fingerprint density at radius 2 is 1.93 bits per heavy atom. The Bertz CT molecular complexity index is 335. The lowest BCUT2D eigenvalue weighted by molar-refractivity contribution is -0.149. The number of phenolic OH excluding ortho intramolecular Hbond substituents is 1. The molecule has 0 saturated heterocycles. The molecule has 0 aliphatic heterocycles. The van der Waals surface area contributed by atoms with Crippen molar-refractivity contribution in [2.75, 3.05) is 0 Å². The summed E-state index contributed by atoms with van der Waals surface area (Å²) in [7, 11) is 0. The highest BCUT2D eigenvalue weighted by Crippen LogP contribution is 2.33. The van der Waals surface area contributed by atoms with Gasteiger partial charge in [0, 0.05) is 0 Å². The molecule has 0 spiro atoms. The third-order valence-electron chi connectivity index (χ3n) is 1.95. The quantitative estimate of drug-likeness (QED) is 0.738. The van der Waals surface area contributed by atoms with Gasteiger partial charge in [0.1, 0.15) is 11.8 Å². The van der Waals surface area contributed by atoms with Crippen LogP contribution in [0.25, 0.3) is 0 Å². The van der Waals surface area contributed by atoms with E-state index in [4.69, 9.17) is 10.8 Å². The number of benzene rings is 1. The summed E-state index contributed by atoms with van der Waals surface area (Å²) >= 11 is 0. The predicted molar refractivity (Wildman–Crippen MR) is 45.8 cm³/mol. The molecule has 0 heterocycles. The maximum absolute atomic E-state index is 12.2. The Kier molecular flexibility index (Phi) is 2.71. The van der Waals surface area contributed by atoms with Gasteiger partial charge in [0.15, 0.2) is 0 Å². The normalized spacial score (nSPS) is 14.1. The Morgan fingerprint density at radius 3 is 2.43 bits per heavy atom. The fraction of sp³-hybridized carbons (Fsp3) is 0.333. The number of rotatable bonds is 1. The zero-order valence-corrected chi connectivity index (χ0v) is 7.47. The second kappa shape index (κ2) is 3.49. The van der Waals surface area contributed by atoms with Crippen LogP contribution in [-0.2, 0) is 0 Å². The van der Waals surface area contributed by atoms with Crippen LogP contribution in [0.2, 0.25) is 0 Å². The van der Waals surface area contributed by atoms with Crippen LogP contribution in [0, 0.1) is 6.92 Å². The SMILES string of the molecule is Cc1ccc(O)cc1[C@H](N)C(F)(F)F. The van der Waals surface area contributed by atoms with Gasteiger partial charge in [0.2, 0.25) is 0 Å². The molecule has 0 amide bonds. The van der Waals surface area contributed by atoms with Gasteiger partial charge in [-0.15, -0.1) is 0 Å². The van der Waals surface area contributed by atoms with Crippen LogP contribution in [0.4, 0.5) is 13.2 Å². The molecule has 0 aliphatic carbocycles. The zero-order chi connectivity index (χ0) is 10.9. The summed E-state index contributed by atoms with van der Waals surface area (Å²) in [5, 5.41) is 9.03. The molecule has 0 aromatic heterocycles. The van der Waals surface area contributed by atoms with Crippen molar-refractivity contribution in [2.24, 2.45) is 5.73 Å². The van der Waals surface area contributed by atoms with Gasteiger partial charge in [-0.05, 0) is 30.2 Å². The number of nitrogens with two attached hydrogens (primary N) is 1. The lowest BCUT2D eigenvalue weighted by atomic mass is 10.0. The highest BCUT2D eigenvalue weighted by molar-refractivity contribution is 5.36. The topological polar surface area (TPSA) is 46.2 Å². The number of halogens is 3. The van der Waals surface area contributed by atoms with E-state index in [9.17, 15) is 13.2 Å². The van der Waals surface area contributed by atoms with E-state index >= 15 is 0 Å². The Labute approximate surface area is 79.2 Å². The van der Waals surface area contributed by atoms with Crippen molar-refractivity contribution in [3.63, 3.8) is 0 Å². The Balaban J connectivity index is 3.12. The first-order chi connectivity index (χ1) is 6.32. The van der Waals surface area contributed by atoms with Crippen molar-refractivity contribution in [1.29, 1.82) is 0 Å². The standard InChI is InChI=1S/C9H10F3NO/c1-5-2-3-6(14)4-7(5)8(13)9(10,11)12/h2-4,8,14H,13H2,1H3/t8-/m0/s1. The highest BCUT2D eigenvalue weighted by atomic mass is 19.4. The maximum Gasteiger partial charge on any atom is 0.407 e. The summed E-state index contributed by atoms with van der Waals surface area (Å²) in [5.74, 6) is -0.217. The number of phenols is 1. The summed E-state index contributed by atoms with van der Waals surface area (Å²) in [6.45, 7) is 1.51. The molecular formula is C9H10F3NO. The summed E-state index contributed by atoms with van der Waals surface area (Å²) in [5.41, 5.74) is 5.32. The largest absolute Gasteiger partial charge is 0.508 e. The predicted octanol–water partition coefficient (Wildman–Crippen LogP) is 2.26. The molecule has 3 N–H and O–H groups in total. The third-order valence-corrected chi connectivity index (χ3v) is 1.95. The number of aryl methyl sites for hydroxylation is 1. The second-order valence-corrected chi connectivity index (χ2v) is 3.06. The van der Waals surface area contributed by atoms with E-state index in [1.807, 2.05) is 0 Å². The maximum atomic E-state index is 12.2. The van der Waals surface area contributed by atoms with E-state index in [1.54, 1.807) is 0 Å². The van der Waals surface area contributed by atoms with Crippen molar-refractivity contribution < 1.29 is 18.3 Å². The number of hydrogen-bond donors (Lipinski definition) is 2. The van der Waals surface area contributed by atoms with Gasteiger partial charge in [-0.25, -0.2) is 0 Å². The van der Waals surface area contributed by atoms with Crippen molar-refractivity contribution >= 4 is 0 Å². The van der Waals surface area contributed by atoms with Crippen molar-refractivity contribution in [3.05, 3.63) is 29.3 Å². The van der Waals surface area contributed by atoms with Crippen LogP contribution >= 0.6 is 0 Å². The van der Waals surface area contributed by atoms with Gasteiger partial charge in [0.05, 0.1) is 0 Å². The van der Waals surface area contributed by atoms with Crippen molar-refractivity contribution in [1.82, 2.24) is 0 Å². The molecule has 2 nitrogen and oxygen atoms in total. The van der Waals surface area contributed by atoms with Crippen LogP contribution in [0.5, 0.6) is 5.75 Å². The van der Waals surface area contributed by atoms with Crippen LogP contribution in [-0.4, -0.2) is 11.3 Å². The molecule has 14 heavy (non-hydrogen) atoms. The summed E-state index contributed by atoms with van der Waals surface area (Å²) in [6.07, 6.45) is -4.49. The zero-order valence-electron chi connectivity index (χ0n) is 7.47. The molecule has 0 unspecified atom stereocenters. The van der Waals surface area contributed by atoms with Crippen molar-refractivity contribution in [3.8, 4) is 5.75 Å². The van der Waals surface area contributed by atoms with E-state index in [0.29, 0.717) is 5.56 Å². The van der Waals surface area contributed by atoms with Gasteiger partial charge < -0.3 is 10.8 Å². The van der Waals surface area contributed by atoms with Gasteiger partial charge in [0.25, 0.3) is 0 Å². The van der Waals surface area contributed by atoms with Crippen LogP contribution in [0.3, 0.4) is 0 Å². The summed E-state index contributed by atoms with van der Waals surface area (Å²) in [6, 6.07) is 1.71. The molecule has 5 heteroatoms. The minimum absolute atomic E-state index is 0.0995. The van der Waals surface area contributed by atoms with Crippen molar-refractivity contribution in [2.45, 2.75) is 19.1 Å². The molecule has 0 saturated carbocycles. The minimum Gasteiger partial charge on any atom is -0.508 e. The highest BCUT2D eigenvalue weighted by Gasteiger charge is 2.38. The number of hydrogen-bond acceptors (Lipinski definition) is 2.